The van der Waals surface area contributed by atoms with Crippen LogP contribution in [0.4, 0.5) is 5.69 Å². The Bertz CT molecular complexity index is 645. The van der Waals surface area contributed by atoms with Crippen LogP contribution in [0.25, 0.3) is 0 Å². The maximum absolute atomic E-state index is 12.6. The summed E-state index contributed by atoms with van der Waals surface area (Å²) in [7, 11) is 0. The van der Waals surface area contributed by atoms with Gasteiger partial charge in [-0.15, -0.1) is 0 Å². The Morgan fingerprint density at radius 1 is 0.931 bits per heavy atom. The number of benzene rings is 1. The van der Waals surface area contributed by atoms with Gasteiger partial charge < -0.3 is 15.5 Å². The summed E-state index contributed by atoms with van der Waals surface area (Å²) in [6.45, 7) is 5.73. The summed E-state index contributed by atoms with van der Waals surface area (Å²) in [4.78, 5) is 28.9. The van der Waals surface area contributed by atoms with E-state index in [9.17, 15) is 9.59 Å². The molecule has 1 aromatic rings. The second-order valence-corrected chi connectivity index (χ2v) is 8.49. The second-order valence-electron chi connectivity index (χ2n) is 8.49. The molecule has 2 amide bonds. The number of hydrogen-bond donors (Lipinski definition) is 2. The van der Waals surface area contributed by atoms with E-state index in [4.69, 9.17) is 0 Å². The van der Waals surface area contributed by atoms with Gasteiger partial charge in [-0.2, -0.15) is 0 Å². The zero-order chi connectivity index (χ0) is 20.5. The second kappa shape index (κ2) is 11.3. The average Bonchev–Trinajstić information content (AvgIpc) is 2.69. The van der Waals surface area contributed by atoms with Gasteiger partial charge in [0.25, 0.3) is 0 Å². The summed E-state index contributed by atoms with van der Waals surface area (Å²) in [6.07, 6.45) is 8.94. The third-order valence-corrected chi connectivity index (χ3v) is 6.07. The molecule has 1 saturated heterocycles. The first-order valence-corrected chi connectivity index (χ1v) is 11.2. The van der Waals surface area contributed by atoms with Gasteiger partial charge in [-0.25, -0.2) is 0 Å². The smallest absolute Gasteiger partial charge is 0.238 e. The molecule has 1 aliphatic heterocycles. The van der Waals surface area contributed by atoms with Gasteiger partial charge in [0.15, 0.2) is 0 Å². The van der Waals surface area contributed by atoms with Crippen LogP contribution in [-0.4, -0.2) is 66.9 Å². The molecule has 160 valence electrons. The van der Waals surface area contributed by atoms with E-state index >= 15 is 0 Å². The van der Waals surface area contributed by atoms with Crippen LogP contribution in [0, 0.1) is 6.92 Å². The van der Waals surface area contributed by atoms with E-state index in [1.165, 1.54) is 50.5 Å². The van der Waals surface area contributed by atoms with Gasteiger partial charge in [-0.3, -0.25) is 14.5 Å². The zero-order valence-electron chi connectivity index (χ0n) is 17.8. The van der Waals surface area contributed by atoms with Crippen molar-refractivity contribution in [3.8, 4) is 0 Å². The Kier molecular flexibility index (Phi) is 8.50. The van der Waals surface area contributed by atoms with E-state index < -0.39 is 0 Å². The lowest BCUT2D eigenvalue weighted by molar-refractivity contribution is -0.132. The number of carbonyl (C=O) groups is 2. The molecule has 2 aliphatic rings. The van der Waals surface area contributed by atoms with E-state index in [2.05, 4.69) is 15.5 Å². The maximum atomic E-state index is 12.6. The number of hydrogen-bond acceptors (Lipinski definition) is 4. The molecule has 2 N–H and O–H groups in total. The first-order chi connectivity index (χ1) is 14.1. The maximum Gasteiger partial charge on any atom is 0.238 e. The fraction of sp³-hybridized carbons (Fsp3) is 0.652. The number of amides is 2. The fourth-order valence-electron chi connectivity index (χ4n) is 4.20. The van der Waals surface area contributed by atoms with Crippen molar-refractivity contribution in [2.75, 3.05) is 44.6 Å². The topological polar surface area (TPSA) is 64.7 Å². The highest BCUT2D eigenvalue weighted by Crippen LogP contribution is 2.17. The van der Waals surface area contributed by atoms with Gasteiger partial charge in [-0.05, 0) is 31.9 Å². The molecule has 3 rings (SSSR count). The van der Waals surface area contributed by atoms with Gasteiger partial charge >= 0.3 is 0 Å². The van der Waals surface area contributed by atoms with E-state index in [1.807, 2.05) is 36.1 Å². The monoisotopic (exact) mass is 400 g/mol. The quantitative estimate of drug-likeness (QED) is 0.771. The molecule has 0 aromatic heterocycles. The van der Waals surface area contributed by atoms with Crippen LogP contribution in [0.2, 0.25) is 0 Å². The van der Waals surface area contributed by atoms with Gasteiger partial charge in [0.1, 0.15) is 0 Å². The molecular weight excluding hydrogens is 364 g/mol. The molecule has 0 unspecified atom stereocenters. The standard InChI is InChI=1S/C23H36N4O2/c1-19-9-11-21(12-10-19)25-22(28)18-26-13-15-27(16-14-26)23(29)17-24-20-7-5-3-2-4-6-8-20/h9-12,20,24H,2-8,13-18H2,1H3,(H,25,28). The molecule has 6 heteroatoms. The number of nitrogens with zero attached hydrogens (tertiary/aromatic N) is 2. The minimum atomic E-state index is -0.000391. The molecule has 0 atom stereocenters. The van der Waals surface area contributed by atoms with Crippen LogP contribution in [0.1, 0.15) is 50.5 Å². The Labute approximate surface area is 175 Å². The highest BCUT2D eigenvalue weighted by atomic mass is 16.2. The Morgan fingerprint density at radius 3 is 2.21 bits per heavy atom. The largest absolute Gasteiger partial charge is 0.339 e. The first kappa shape index (κ1) is 21.8. The highest BCUT2D eigenvalue weighted by Gasteiger charge is 2.23. The molecule has 1 aromatic carbocycles. The predicted octanol–water partition coefficient (Wildman–Crippen LogP) is 2.78. The first-order valence-electron chi connectivity index (χ1n) is 11.2. The number of aryl methyl sites for hydroxylation is 1. The normalized spacial score (nSPS) is 19.4. The molecule has 29 heavy (non-hydrogen) atoms. The lowest BCUT2D eigenvalue weighted by Crippen LogP contribution is -2.52. The molecule has 6 nitrogen and oxygen atoms in total. The Hall–Kier alpha value is -1.92. The van der Waals surface area contributed by atoms with E-state index in [1.54, 1.807) is 0 Å². The average molecular weight is 401 g/mol. The third-order valence-electron chi connectivity index (χ3n) is 6.07. The van der Waals surface area contributed by atoms with Crippen LogP contribution >= 0.6 is 0 Å². The van der Waals surface area contributed by atoms with Gasteiger partial charge in [-0.1, -0.05) is 49.8 Å². The van der Waals surface area contributed by atoms with Crippen molar-refractivity contribution in [1.82, 2.24) is 15.1 Å². The fourth-order valence-corrected chi connectivity index (χ4v) is 4.20. The highest BCUT2D eigenvalue weighted by molar-refractivity contribution is 5.92. The van der Waals surface area contributed by atoms with Gasteiger partial charge in [0, 0.05) is 37.9 Å². The minimum absolute atomic E-state index is 0.000391. The van der Waals surface area contributed by atoms with Crippen molar-refractivity contribution in [3.63, 3.8) is 0 Å². The molecule has 2 fully saturated rings. The zero-order valence-corrected chi connectivity index (χ0v) is 17.8. The van der Waals surface area contributed by atoms with Crippen LogP contribution in [0.5, 0.6) is 0 Å². The van der Waals surface area contributed by atoms with Crippen LogP contribution in [0.15, 0.2) is 24.3 Å². The SMILES string of the molecule is Cc1ccc(NC(=O)CN2CCN(C(=O)CNC3CCCCCCC3)CC2)cc1. The molecule has 0 spiro atoms. The van der Waals surface area contributed by atoms with Crippen molar-refractivity contribution < 1.29 is 9.59 Å². The summed E-state index contributed by atoms with van der Waals surface area (Å²) < 4.78 is 0. The lowest BCUT2D eigenvalue weighted by Gasteiger charge is -2.34. The Balaban J connectivity index is 1.34. The number of rotatable bonds is 6. The van der Waals surface area contributed by atoms with Crippen LogP contribution in [0.3, 0.4) is 0 Å². The van der Waals surface area contributed by atoms with E-state index in [0.29, 0.717) is 32.2 Å². The van der Waals surface area contributed by atoms with Crippen molar-refractivity contribution in [2.45, 2.75) is 57.9 Å². The van der Waals surface area contributed by atoms with E-state index in [-0.39, 0.29) is 11.8 Å². The van der Waals surface area contributed by atoms with Gasteiger partial charge in [0.05, 0.1) is 13.1 Å². The Morgan fingerprint density at radius 2 is 1.55 bits per heavy atom. The number of nitrogens with one attached hydrogen (secondary N) is 2. The summed E-state index contributed by atoms with van der Waals surface area (Å²) in [5, 5.41) is 6.44. The lowest BCUT2D eigenvalue weighted by atomic mass is 9.97. The van der Waals surface area contributed by atoms with Crippen molar-refractivity contribution >= 4 is 17.5 Å². The molecule has 1 saturated carbocycles. The molecule has 1 heterocycles. The number of carbonyl (C=O) groups excluding carboxylic acids is 2. The summed E-state index contributed by atoms with van der Waals surface area (Å²) in [5.41, 5.74) is 2.00. The van der Waals surface area contributed by atoms with Gasteiger partial charge in [0.2, 0.25) is 11.8 Å². The molecule has 1 aliphatic carbocycles. The summed E-state index contributed by atoms with van der Waals surface area (Å²) >= 11 is 0. The number of anilines is 1. The van der Waals surface area contributed by atoms with Crippen molar-refractivity contribution in [2.24, 2.45) is 0 Å². The van der Waals surface area contributed by atoms with Crippen molar-refractivity contribution in [1.29, 1.82) is 0 Å². The number of piperazine rings is 1. The molecule has 0 radical (unpaired) electrons. The van der Waals surface area contributed by atoms with E-state index in [0.717, 1.165) is 18.8 Å². The van der Waals surface area contributed by atoms with Crippen molar-refractivity contribution in [3.05, 3.63) is 29.8 Å². The minimum Gasteiger partial charge on any atom is -0.339 e. The van der Waals surface area contributed by atoms with Crippen LogP contribution in [-0.2, 0) is 9.59 Å². The van der Waals surface area contributed by atoms with Crippen LogP contribution < -0.4 is 10.6 Å². The molecule has 0 bridgehead atoms. The summed E-state index contributed by atoms with van der Waals surface area (Å²) in [5.74, 6) is 0.190. The summed E-state index contributed by atoms with van der Waals surface area (Å²) in [6, 6.07) is 8.32. The third kappa shape index (κ3) is 7.44. The molecular formula is C23H36N4O2. The predicted molar refractivity (Wildman–Crippen MR) is 117 cm³/mol.